The Hall–Kier alpha value is -1.89. The average molecular weight is 250 g/mol. The molecule has 0 saturated carbocycles. The zero-order chi connectivity index (χ0) is 13.4. The third kappa shape index (κ3) is 2.21. The lowest BCUT2D eigenvalue weighted by molar-refractivity contribution is 0.0936. The van der Waals surface area contributed by atoms with Gasteiger partial charge < -0.3 is 0 Å². The van der Waals surface area contributed by atoms with Crippen molar-refractivity contribution >= 4 is 5.78 Å². The lowest BCUT2D eigenvalue weighted by Gasteiger charge is -2.07. The molecule has 0 radical (unpaired) electrons. The van der Waals surface area contributed by atoms with Crippen molar-refractivity contribution in [2.45, 2.75) is 26.7 Å². The maximum absolute atomic E-state index is 12.5. The van der Waals surface area contributed by atoms with E-state index in [2.05, 4.69) is 38.1 Å². The topological polar surface area (TPSA) is 17.1 Å². The van der Waals surface area contributed by atoms with Crippen LogP contribution in [0.3, 0.4) is 0 Å². The molecule has 0 spiro atoms. The molecule has 1 unspecified atom stereocenters. The quantitative estimate of drug-likeness (QED) is 0.790. The Kier molecular flexibility index (Phi) is 2.98. The molecule has 0 aromatic heterocycles. The van der Waals surface area contributed by atoms with Crippen molar-refractivity contribution in [1.29, 1.82) is 0 Å². The van der Waals surface area contributed by atoms with Gasteiger partial charge in [-0.05, 0) is 55.0 Å². The van der Waals surface area contributed by atoms with Crippen LogP contribution in [0.1, 0.15) is 32.6 Å². The largest absolute Gasteiger partial charge is 0.294 e. The highest BCUT2D eigenvalue weighted by Gasteiger charge is 2.30. The van der Waals surface area contributed by atoms with E-state index >= 15 is 0 Å². The summed E-state index contributed by atoms with van der Waals surface area (Å²) in [5.41, 5.74) is 5.93. The zero-order valence-electron chi connectivity index (χ0n) is 11.4. The summed E-state index contributed by atoms with van der Waals surface area (Å²) in [5, 5.41) is 0. The van der Waals surface area contributed by atoms with Crippen LogP contribution in [0.4, 0.5) is 0 Å². The van der Waals surface area contributed by atoms with E-state index in [1.54, 1.807) is 0 Å². The Morgan fingerprint density at radius 2 is 1.74 bits per heavy atom. The Bertz CT molecular complexity index is 626. The predicted molar refractivity (Wildman–Crippen MR) is 77.6 cm³/mol. The molecule has 0 bridgehead atoms. The molecular formula is C18H18O. The van der Waals surface area contributed by atoms with Crippen LogP contribution < -0.4 is 0 Å². The maximum Gasteiger partial charge on any atom is 0.166 e. The van der Waals surface area contributed by atoms with Crippen LogP contribution in [-0.2, 0) is 12.8 Å². The molecule has 96 valence electrons. The lowest BCUT2D eigenvalue weighted by Crippen LogP contribution is -2.12. The number of hydrogen-bond donors (Lipinski definition) is 0. The summed E-state index contributed by atoms with van der Waals surface area (Å²) in [6.45, 7) is 4.19. The van der Waals surface area contributed by atoms with Crippen molar-refractivity contribution in [2.24, 2.45) is 5.92 Å². The average Bonchev–Trinajstić information content (AvgIpc) is 2.69. The van der Waals surface area contributed by atoms with Crippen LogP contribution >= 0.6 is 0 Å². The molecule has 1 heteroatoms. The van der Waals surface area contributed by atoms with Gasteiger partial charge in [-0.3, -0.25) is 4.79 Å². The molecule has 0 amide bonds. The summed E-state index contributed by atoms with van der Waals surface area (Å²) >= 11 is 0. The molecule has 2 aromatic carbocycles. The van der Waals surface area contributed by atoms with Crippen LogP contribution in [0, 0.1) is 19.8 Å². The van der Waals surface area contributed by atoms with Crippen molar-refractivity contribution in [3.63, 3.8) is 0 Å². The van der Waals surface area contributed by atoms with Gasteiger partial charge in [0.25, 0.3) is 0 Å². The van der Waals surface area contributed by atoms with Gasteiger partial charge in [0.2, 0.25) is 0 Å². The smallest absolute Gasteiger partial charge is 0.166 e. The highest BCUT2D eigenvalue weighted by molar-refractivity contribution is 6.02. The molecule has 1 atom stereocenters. The van der Waals surface area contributed by atoms with Crippen LogP contribution in [0.5, 0.6) is 0 Å². The standard InChI is InChI=1S/C18H18O/c1-12-8-15-11-16(10-14-6-4-3-5-7-14)18(19)17(15)9-13(12)2/h3-9,16H,10-11H2,1-2H3. The first-order chi connectivity index (χ1) is 9.15. The lowest BCUT2D eigenvalue weighted by atomic mass is 9.96. The SMILES string of the molecule is Cc1cc2c(cc1C)C(=O)C(Cc1ccccc1)C2. The Balaban J connectivity index is 1.87. The van der Waals surface area contributed by atoms with Crippen molar-refractivity contribution in [1.82, 2.24) is 0 Å². The van der Waals surface area contributed by atoms with Gasteiger partial charge in [0.15, 0.2) is 5.78 Å². The van der Waals surface area contributed by atoms with Gasteiger partial charge in [-0.2, -0.15) is 0 Å². The monoisotopic (exact) mass is 250 g/mol. The fourth-order valence-electron chi connectivity index (χ4n) is 2.92. The number of carbonyl (C=O) groups excluding carboxylic acids is 1. The molecule has 0 aliphatic heterocycles. The predicted octanol–water partition coefficient (Wildman–Crippen LogP) is 3.90. The van der Waals surface area contributed by atoms with Crippen LogP contribution in [0.15, 0.2) is 42.5 Å². The van der Waals surface area contributed by atoms with E-state index in [-0.39, 0.29) is 5.92 Å². The summed E-state index contributed by atoms with van der Waals surface area (Å²) in [4.78, 5) is 12.5. The van der Waals surface area contributed by atoms with Crippen molar-refractivity contribution in [2.75, 3.05) is 0 Å². The van der Waals surface area contributed by atoms with E-state index < -0.39 is 0 Å². The first-order valence-electron chi connectivity index (χ1n) is 6.83. The third-order valence-electron chi connectivity index (χ3n) is 4.15. The molecule has 0 fully saturated rings. The highest BCUT2D eigenvalue weighted by atomic mass is 16.1. The summed E-state index contributed by atoms with van der Waals surface area (Å²) in [7, 11) is 0. The van der Waals surface area contributed by atoms with Crippen molar-refractivity contribution in [3.05, 3.63) is 70.3 Å². The Morgan fingerprint density at radius 3 is 2.47 bits per heavy atom. The number of aryl methyl sites for hydroxylation is 2. The van der Waals surface area contributed by atoms with Gasteiger partial charge in [0.05, 0.1) is 0 Å². The number of rotatable bonds is 2. The first-order valence-corrected chi connectivity index (χ1v) is 6.83. The second-order valence-corrected chi connectivity index (χ2v) is 5.55. The molecule has 0 N–H and O–H groups in total. The molecule has 1 aliphatic rings. The van der Waals surface area contributed by atoms with Gasteiger partial charge in [0.1, 0.15) is 0 Å². The van der Waals surface area contributed by atoms with Gasteiger partial charge in [0, 0.05) is 11.5 Å². The van der Waals surface area contributed by atoms with Crippen LogP contribution in [0.2, 0.25) is 0 Å². The van der Waals surface area contributed by atoms with E-state index in [1.807, 2.05) is 18.2 Å². The molecule has 0 heterocycles. The van der Waals surface area contributed by atoms with E-state index in [1.165, 1.54) is 22.3 Å². The van der Waals surface area contributed by atoms with Gasteiger partial charge in [-0.15, -0.1) is 0 Å². The molecule has 1 nitrogen and oxygen atoms in total. The fraction of sp³-hybridized carbons (Fsp3) is 0.278. The number of carbonyl (C=O) groups is 1. The maximum atomic E-state index is 12.5. The van der Waals surface area contributed by atoms with E-state index in [4.69, 9.17) is 0 Å². The minimum atomic E-state index is 0.124. The van der Waals surface area contributed by atoms with Gasteiger partial charge >= 0.3 is 0 Å². The zero-order valence-corrected chi connectivity index (χ0v) is 11.4. The summed E-state index contributed by atoms with van der Waals surface area (Å²) < 4.78 is 0. The molecular weight excluding hydrogens is 232 g/mol. The van der Waals surface area contributed by atoms with Crippen molar-refractivity contribution < 1.29 is 4.79 Å². The molecule has 19 heavy (non-hydrogen) atoms. The number of hydrogen-bond acceptors (Lipinski definition) is 1. The fourth-order valence-corrected chi connectivity index (χ4v) is 2.92. The minimum Gasteiger partial charge on any atom is -0.294 e. The second-order valence-electron chi connectivity index (χ2n) is 5.55. The van der Waals surface area contributed by atoms with E-state index in [0.29, 0.717) is 5.78 Å². The Labute approximate surface area is 114 Å². The normalized spacial score (nSPS) is 17.6. The van der Waals surface area contributed by atoms with Crippen LogP contribution in [0.25, 0.3) is 0 Å². The molecule has 1 aliphatic carbocycles. The summed E-state index contributed by atoms with van der Waals surface area (Å²) in [6, 6.07) is 14.6. The minimum absolute atomic E-state index is 0.124. The van der Waals surface area contributed by atoms with Crippen LogP contribution in [-0.4, -0.2) is 5.78 Å². The summed E-state index contributed by atoms with van der Waals surface area (Å²) in [5.74, 6) is 0.445. The first kappa shape index (κ1) is 12.2. The second kappa shape index (κ2) is 4.65. The van der Waals surface area contributed by atoms with Gasteiger partial charge in [-0.25, -0.2) is 0 Å². The number of benzene rings is 2. The van der Waals surface area contributed by atoms with Gasteiger partial charge in [-0.1, -0.05) is 36.4 Å². The summed E-state index contributed by atoms with van der Waals surface area (Å²) in [6.07, 6.45) is 1.75. The molecule has 0 saturated heterocycles. The highest BCUT2D eigenvalue weighted by Crippen LogP contribution is 2.31. The third-order valence-corrected chi connectivity index (χ3v) is 4.15. The van der Waals surface area contributed by atoms with E-state index in [9.17, 15) is 4.79 Å². The van der Waals surface area contributed by atoms with Crippen molar-refractivity contribution in [3.8, 4) is 0 Å². The Morgan fingerprint density at radius 1 is 1.05 bits per heavy atom. The molecule has 2 aromatic rings. The number of Topliss-reactive ketones (excluding diaryl/α,β-unsaturated/α-hetero) is 1. The molecule has 3 rings (SSSR count). The van der Waals surface area contributed by atoms with E-state index in [0.717, 1.165) is 18.4 Å². The number of fused-ring (bicyclic) bond motifs is 1. The number of ketones is 1.